The van der Waals surface area contributed by atoms with E-state index in [1.807, 2.05) is 63.2 Å². The van der Waals surface area contributed by atoms with Gasteiger partial charge in [-0.2, -0.15) is 0 Å². The number of aryl methyl sites for hydroxylation is 3. The van der Waals surface area contributed by atoms with Crippen molar-refractivity contribution in [2.45, 2.75) is 20.8 Å². The monoisotopic (exact) mass is 296 g/mol. The first kappa shape index (κ1) is 15.8. The second-order valence-electron chi connectivity index (χ2n) is 5.23. The van der Waals surface area contributed by atoms with E-state index in [4.69, 9.17) is 4.84 Å². The number of anilines is 1. The minimum absolute atomic E-state index is 0.115. The van der Waals surface area contributed by atoms with Crippen LogP contribution in [0, 0.1) is 20.8 Å². The molecule has 0 aliphatic carbocycles. The third-order valence-corrected chi connectivity index (χ3v) is 3.32. The van der Waals surface area contributed by atoms with Gasteiger partial charge in [0.05, 0.1) is 6.21 Å². The van der Waals surface area contributed by atoms with Crippen molar-refractivity contribution in [3.8, 4) is 0 Å². The number of hydrogen-bond acceptors (Lipinski definition) is 3. The third-order valence-electron chi connectivity index (χ3n) is 3.32. The lowest BCUT2D eigenvalue weighted by atomic mass is 10.1. The highest BCUT2D eigenvalue weighted by molar-refractivity contribution is 5.92. The van der Waals surface area contributed by atoms with Crippen LogP contribution in [0.3, 0.4) is 0 Å². The van der Waals surface area contributed by atoms with Crippen LogP contribution in [0.2, 0.25) is 0 Å². The SMILES string of the molecule is Cc1ccc(C)c(NC(=O)CO/N=C\c2ccccc2C)c1. The Kier molecular flexibility index (Phi) is 5.31. The second-order valence-corrected chi connectivity index (χ2v) is 5.23. The topological polar surface area (TPSA) is 50.7 Å². The van der Waals surface area contributed by atoms with E-state index in [9.17, 15) is 4.79 Å². The number of nitrogens with zero attached hydrogens (tertiary/aromatic N) is 1. The molecule has 4 nitrogen and oxygen atoms in total. The molecule has 2 rings (SSSR count). The molecule has 0 bridgehead atoms. The van der Waals surface area contributed by atoms with Gasteiger partial charge in [0, 0.05) is 5.69 Å². The molecule has 2 aromatic rings. The van der Waals surface area contributed by atoms with Gasteiger partial charge in [0.1, 0.15) is 0 Å². The van der Waals surface area contributed by atoms with Gasteiger partial charge in [-0.05, 0) is 49.1 Å². The Morgan fingerprint density at radius 2 is 1.91 bits per heavy atom. The minimum Gasteiger partial charge on any atom is -0.386 e. The fourth-order valence-corrected chi connectivity index (χ4v) is 1.98. The number of oxime groups is 1. The van der Waals surface area contributed by atoms with Crippen LogP contribution < -0.4 is 5.32 Å². The summed E-state index contributed by atoms with van der Waals surface area (Å²) >= 11 is 0. The summed E-state index contributed by atoms with van der Waals surface area (Å²) in [5.41, 5.74) is 4.99. The Labute approximate surface area is 130 Å². The van der Waals surface area contributed by atoms with E-state index in [2.05, 4.69) is 10.5 Å². The van der Waals surface area contributed by atoms with E-state index < -0.39 is 0 Å². The molecule has 0 unspecified atom stereocenters. The number of benzene rings is 2. The first-order valence-electron chi connectivity index (χ1n) is 7.14. The highest BCUT2D eigenvalue weighted by Crippen LogP contribution is 2.16. The third kappa shape index (κ3) is 4.45. The summed E-state index contributed by atoms with van der Waals surface area (Å²) in [6.07, 6.45) is 1.61. The molecule has 2 aromatic carbocycles. The number of nitrogens with one attached hydrogen (secondary N) is 1. The van der Waals surface area contributed by atoms with Crippen molar-refractivity contribution >= 4 is 17.8 Å². The molecule has 0 heterocycles. The van der Waals surface area contributed by atoms with Crippen molar-refractivity contribution in [3.63, 3.8) is 0 Å². The quantitative estimate of drug-likeness (QED) is 0.677. The first-order chi connectivity index (χ1) is 10.6. The van der Waals surface area contributed by atoms with Crippen LogP contribution in [-0.4, -0.2) is 18.7 Å². The fourth-order valence-electron chi connectivity index (χ4n) is 1.98. The molecular weight excluding hydrogens is 276 g/mol. The van der Waals surface area contributed by atoms with Crippen molar-refractivity contribution in [2.24, 2.45) is 5.16 Å². The van der Waals surface area contributed by atoms with Crippen LogP contribution in [0.25, 0.3) is 0 Å². The Morgan fingerprint density at radius 1 is 1.14 bits per heavy atom. The van der Waals surface area contributed by atoms with Crippen LogP contribution in [0.4, 0.5) is 5.69 Å². The van der Waals surface area contributed by atoms with E-state index in [-0.39, 0.29) is 12.5 Å². The molecular formula is C18H20N2O2. The lowest BCUT2D eigenvalue weighted by Gasteiger charge is -2.08. The van der Waals surface area contributed by atoms with Gasteiger partial charge in [-0.25, -0.2) is 0 Å². The Balaban J connectivity index is 1.86. The van der Waals surface area contributed by atoms with E-state index in [0.717, 1.165) is 27.9 Å². The number of rotatable bonds is 5. The van der Waals surface area contributed by atoms with E-state index >= 15 is 0 Å². The molecule has 22 heavy (non-hydrogen) atoms. The molecule has 0 saturated carbocycles. The van der Waals surface area contributed by atoms with E-state index in [0.29, 0.717) is 0 Å². The molecule has 0 aromatic heterocycles. The van der Waals surface area contributed by atoms with Crippen LogP contribution >= 0.6 is 0 Å². The van der Waals surface area contributed by atoms with Crippen molar-refractivity contribution in [2.75, 3.05) is 11.9 Å². The fraction of sp³-hybridized carbons (Fsp3) is 0.222. The molecule has 0 aliphatic heterocycles. The zero-order valence-corrected chi connectivity index (χ0v) is 13.1. The maximum absolute atomic E-state index is 11.8. The average Bonchev–Trinajstić information content (AvgIpc) is 2.49. The predicted molar refractivity (Wildman–Crippen MR) is 89.3 cm³/mol. The summed E-state index contributed by atoms with van der Waals surface area (Å²) < 4.78 is 0. The molecule has 0 saturated heterocycles. The minimum atomic E-state index is -0.226. The molecule has 1 amide bonds. The number of hydrogen-bond donors (Lipinski definition) is 1. The second kappa shape index (κ2) is 7.41. The summed E-state index contributed by atoms with van der Waals surface area (Å²) in [6, 6.07) is 13.7. The van der Waals surface area contributed by atoms with Crippen LogP contribution in [0.15, 0.2) is 47.6 Å². The average molecular weight is 296 g/mol. The van der Waals surface area contributed by atoms with Gasteiger partial charge in [-0.1, -0.05) is 41.6 Å². The highest BCUT2D eigenvalue weighted by atomic mass is 16.6. The summed E-state index contributed by atoms with van der Waals surface area (Å²) in [6.45, 7) is 5.81. The van der Waals surface area contributed by atoms with Gasteiger partial charge in [0.15, 0.2) is 6.61 Å². The Morgan fingerprint density at radius 3 is 2.68 bits per heavy atom. The normalized spacial score (nSPS) is 10.7. The van der Waals surface area contributed by atoms with Gasteiger partial charge >= 0.3 is 0 Å². The molecule has 4 heteroatoms. The number of amides is 1. The summed E-state index contributed by atoms with van der Waals surface area (Å²) in [5, 5.41) is 6.66. The molecule has 1 N–H and O–H groups in total. The Bertz CT molecular complexity index is 693. The zero-order chi connectivity index (χ0) is 15.9. The standard InChI is InChI=1S/C18H20N2O2/c1-13-8-9-15(3)17(10-13)20-18(21)12-22-19-11-16-7-5-4-6-14(16)2/h4-11H,12H2,1-3H3,(H,20,21)/b19-11-. The smallest absolute Gasteiger partial charge is 0.265 e. The highest BCUT2D eigenvalue weighted by Gasteiger charge is 2.05. The number of carbonyl (C=O) groups excluding carboxylic acids is 1. The zero-order valence-electron chi connectivity index (χ0n) is 13.1. The van der Waals surface area contributed by atoms with Crippen molar-refractivity contribution in [3.05, 3.63) is 64.7 Å². The maximum Gasteiger partial charge on any atom is 0.265 e. The number of carbonyl (C=O) groups is 1. The summed E-state index contributed by atoms with van der Waals surface area (Å²) in [4.78, 5) is 16.9. The molecule has 0 radical (unpaired) electrons. The van der Waals surface area contributed by atoms with Gasteiger partial charge in [0.25, 0.3) is 5.91 Å². The first-order valence-corrected chi connectivity index (χ1v) is 7.14. The van der Waals surface area contributed by atoms with Crippen LogP contribution in [-0.2, 0) is 9.63 Å². The van der Waals surface area contributed by atoms with Crippen LogP contribution in [0.5, 0.6) is 0 Å². The molecule has 114 valence electrons. The van der Waals surface area contributed by atoms with Gasteiger partial charge in [-0.15, -0.1) is 0 Å². The van der Waals surface area contributed by atoms with Crippen LogP contribution in [0.1, 0.15) is 22.3 Å². The molecule has 0 aliphatic rings. The van der Waals surface area contributed by atoms with Crippen molar-refractivity contribution in [1.82, 2.24) is 0 Å². The molecule has 0 atom stereocenters. The lowest BCUT2D eigenvalue weighted by molar-refractivity contribution is -0.120. The van der Waals surface area contributed by atoms with Gasteiger partial charge in [0.2, 0.25) is 0 Å². The van der Waals surface area contributed by atoms with Gasteiger partial charge in [-0.3, -0.25) is 4.79 Å². The Hall–Kier alpha value is -2.62. The van der Waals surface area contributed by atoms with Crippen molar-refractivity contribution in [1.29, 1.82) is 0 Å². The van der Waals surface area contributed by atoms with Crippen molar-refractivity contribution < 1.29 is 9.63 Å². The predicted octanol–water partition coefficient (Wildman–Crippen LogP) is 3.60. The largest absolute Gasteiger partial charge is 0.386 e. The maximum atomic E-state index is 11.8. The van der Waals surface area contributed by atoms with E-state index in [1.165, 1.54) is 0 Å². The van der Waals surface area contributed by atoms with Gasteiger partial charge < -0.3 is 10.2 Å². The lowest BCUT2D eigenvalue weighted by Crippen LogP contribution is -2.17. The summed E-state index contributed by atoms with van der Waals surface area (Å²) in [7, 11) is 0. The van der Waals surface area contributed by atoms with E-state index in [1.54, 1.807) is 6.21 Å². The molecule has 0 fully saturated rings. The molecule has 0 spiro atoms. The summed E-state index contributed by atoms with van der Waals surface area (Å²) in [5.74, 6) is -0.226.